The number of aryl methyl sites for hydroxylation is 1. The lowest BCUT2D eigenvalue weighted by molar-refractivity contribution is -0.124. The number of hydrogen-bond acceptors (Lipinski definition) is 3. The van der Waals surface area contributed by atoms with Gasteiger partial charge in [0.1, 0.15) is 6.10 Å². The van der Waals surface area contributed by atoms with Crippen molar-refractivity contribution in [3.8, 4) is 0 Å². The van der Waals surface area contributed by atoms with Crippen molar-refractivity contribution >= 4 is 17.5 Å². The van der Waals surface area contributed by atoms with Crippen LogP contribution in [0.3, 0.4) is 0 Å². The van der Waals surface area contributed by atoms with Crippen LogP contribution >= 0.6 is 0 Å². The number of aromatic nitrogens is 1. The van der Waals surface area contributed by atoms with Crippen molar-refractivity contribution in [2.45, 2.75) is 52.8 Å². The van der Waals surface area contributed by atoms with Crippen molar-refractivity contribution in [2.75, 3.05) is 11.9 Å². The van der Waals surface area contributed by atoms with E-state index in [1.54, 1.807) is 0 Å². The average molecular weight is 369 g/mol. The molecule has 1 aliphatic rings. The molecule has 6 heteroatoms. The van der Waals surface area contributed by atoms with Gasteiger partial charge in [-0.25, -0.2) is 0 Å². The largest absolute Gasteiger partial charge is 0.368 e. The average Bonchev–Trinajstić information content (AvgIpc) is 3.28. The summed E-state index contributed by atoms with van der Waals surface area (Å²) in [6.07, 6.45) is 1.32. The van der Waals surface area contributed by atoms with Crippen LogP contribution in [0.5, 0.6) is 0 Å². The molecule has 3 rings (SSSR count). The molecule has 27 heavy (non-hydrogen) atoms. The van der Waals surface area contributed by atoms with Crippen LogP contribution in [-0.4, -0.2) is 29.1 Å². The van der Waals surface area contributed by atoms with Crippen molar-refractivity contribution in [1.82, 2.24) is 9.88 Å². The van der Waals surface area contributed by atoms with Gasteiger partial charge in [0.15, 0.2) is 0 Å². The number of carbonyl (C=O) groups is 2. The second-order valence-electron chi connectivity index (χ2n) is 6.90. The molecule has 1 saturated heterocycles. The molecule has 1 aromatic carbocycles. The molecule has 2 amide bonds. The minimum Gasteiger partial charge on any atom is -0.368 e. The first-order valence-corrected chi connectivity index (χ1v) is 9.46. The molecule has 1 aromatic heterocycles. The lowest BCUT2D eigenvalue weighted by Crippen LogP contribution is -2.27. The first-order valence-electron chi connectivity index (χ1n) is 9.46. The van der Waals surface area contributed by atoms with Gasteiger partial charge >= 0.3 is 0 Å². The van der Waals surface area contributed by atoms with Gasteiger partial charge in [-0.15, -0.1) is 0 Å². The zero-order valence-electron chi connectivity index (χ0n) is 16.2. The molecule has 0 unspecified atom stereocenters. The van der Waals surface area contributed by atoms with Crippen LogP contribution in [0.2, 0.25) is 0 Å². The fraction of sp³-hybridized carbons (Fsp3) is 0.429. The Morgan fingerprint density at radius 3 is 2.74 bits per heavy atom. The predicted octanol–water partition coefficient (Wildman–Crippen LogP) is 3.17. The number of amides is 2. The van der Waals surface area contributed by atoms with E-state index in [0.29, 0.717) is 24.4 Å². The zero-order valence-corrected chi connectivity index (χ0v) is 16.2. The Morgan fingerprint density at radius 2 is 2.07 bits per heavy atom. The first-order chi connectivity index (χ1) is 13.0. The summed E-state index contributed by atoms with van der Waals surface area (Å²) in [6, 6.07) is 9.44. The van der Waals surface area contributed by atoms with Crippen LogP contribution in [0.4, 0.5) is 5.69 Å². The fourth-order valence-electron chi connectivity index (χ4n) is 3.56. The van der Waals surface area contributed by atoms with Crippen molar-refractivity contribution < 1.29 is 14.3 Å². The number of rotatable bonds is 6. The first kappa shape index (κ1) is 19.2. The number of nitrogens with one attached hydrogen (secondary N) is 2. The Hall–Kier alpha value is -2.60. The van der Waals surface area contributed by atoms with Gasteiger partial charge in [-0.2, -0.15) is 0 Å². The lowest BCUT2D eigenvalue weighted by atomic mass is 10.1. The minimum atomic E-state index is -0.359. The number of hydrogen-bond donors (Lipinski definition) is 2. The molecular weight excluding hydrogens is 342 g/mol. The van der Waals surface area contributed by atoms with Crippen molar-refractivity contribution in [3.05, 3.63) is 52.8 Å². The van der Waals surface area contributed by atoms with Gasteiger partial charge in [-0.05, 0) is 57.4 Å². The van der Waals surface area contributed by atoms with Crippen molar-refractivity contribution in [2.24, 2.45) is 0 Å². The number of ether oxygens (including phenoxy) is 1. The number of anilines is 1. The van der Waals surface area contributed by atoms with E-state index >= 15 is 0 Å². The molecule has 1 aliphatic heterocycles. The van der Waals surface area contributed by atoms with E-state index in [1.807, 2.05) is 44.2 Å². The summed E-state index contributed by atoms with van der Waals surface area (Å²) >= 11 is 0. The Balaban J connectivity index is 1.61. The second-order valence-corrected chi connectivity index (χ2v) is 6.90. The van der Waals surface area contributed by atoms with E-state index in [-0.39, 0.29) is 17.9 Å². The van der Waals surface area contributed by atoms with E-state index in [1.165, 1.54) is 0 Å². The van der Waals surface area contributed by atoms with Crippen LogP contribution in [0.1, 0.15) is 47.1 Å². The molecule has 1 atom stereocenters. The molecule has 2 N–H and O–H groups in total. The van der Waals surface area contributed by atoms with Gasteiger partial charge in [0.2, 0.25) is 0 Å². The number of benzene rings is 1. The Bertz CT molecular complexity index is 835. The molecule has 0 aliphatic carbocycles. The summed E-state index contributed by atoms with van der Waals surface area (Å²) in [7, 11) is 0. The molecule has 144 valence electrons. The standard InChI is InChI=1S/C21H27N3O3/c1-4-24-14(2)11-18(15(24)3)20(25)22-13-16-7-5-8-17(12-16)23-21(26)19-9-6-10-27-19/h5,7-8,11-12,19H,4,6,9-10,13H2,1-3H3,(H,22,25)(H,23,26)/t19-/m1/s1. The molecule has 0 bridgehead atoms. The Morgan fingerprint density at radius 1 is 1.26 bits per heavy atom. The molecule has 2 heterocycles. The van der Waals surface area contributed by atoms with Gasteiger partial charge in [0.05, 0.1) is 5.56 Å². The van der Waals surface area contributed by atoms with Crippen molar-refractivity contribution in [1.29, 1.82) is 0 Å². The van der Waals surface area contributed by atoms with E-state index in [4.69, 9.17) is 4.74 Å². The van der Waals surface area contributed by atoms with Gasteiger partial charge < -0.3 is 19.9 Å². The number of nitrogens with zero attached hydrogens (tertiary/aromatic N) is 1. The highest BCUT2D eigenvalue weighted by molar-refractivity contribution is 5.96. The minimum absolute atomic E-state index is 0.0865. The Labute approximate surface area is 159 Å². The predicted molar refractivity (Wildman–Crippen MR) is 105 cm³/mol. The van der Waals surface area contributed by atoms with Crippen molar-refractivity contribution in [3.63, 3.8) is 0 Å². The van der Waals surface area contributed by atoms with Crippen LogP contribution in [0, 0.1) is 13.8 Å². The Kier molecular flexibility index (Phi) is 5.96. The van der Waals surface area contributed by atoms with Crippen LogP contribution in [0.15, 0.2) is 30.3 Å². The maximum Gasteiger partial charge on any atom is 0.253 e. The van der Waals surface area contributed by atoms with Crippen LogP contribution in [0.25, 0.3) is 0 Å². The molecule has 6 nitrogen and oxygen atoms in total. The van der Waals surface area contributed by atoms with Crippen LogP contribution < -0.4 is 10.6 Å². The zero-order chi connectivity index (χ0) is 19.4. The monoisotopic (exact) mass is 369 g/mol. The number of carbonyl (C=O) groups excluding carboxylic acids is 2. The van der Waals surface area contributed by atoms with E-state index in [2.05, 4.69) is 22.1 Å². The van der Waals surface area contributed by atoms with Gasteiger partial charge in [0, 0.05) is 36.8 Å². The summed E-state index contributed by atoms with van der Waals surface area (Å²) in [5.74, 6) is -0.197. The summed E-state index contributed by atoms with van der Waals surface area (Å²) in [4.78, 5) is 24.7. The normalized spacial score (nSPS) is 16.3. The highest BCUT2D eigenvalue weighted by Gasteiger charge is 2.23. The van der Waals surface area contributed by atoms with Gasteiger partial charge in [-0.3, -0.25) is 9.59 Å². The van der Waals surface area contributed by atoms with Crippen LogP contribution in [-0.2, 0) is 22.6 Å². The molecule has 0 radical (unpaired) electrons. The lowest BCUT2D eigenvalue weighted by Gasteiger charge is -2.12. The molecular formula is C21H27N3O3. The summed E-state index contributed by atoms with van der Waals surface area (Å²) in [5.41, 5.74) is 4.41. The van der Waals surface area contributed by atoms with Gasteiger partial charge in [-0.1, -0.05) is 12.1 Å². The molecule has 0 saturated carbocycles. The SMILES string of the molecule is CCn1c(C)cc(C(=O)NCc2cccc(NC(=O)[C@H]3CCCO3)c2)c1C. The highest BCUT2D eigenvalue weighted by Crippen LogP contribution is 2.17. The summed E-state index contributed by atoms with van der Waals surface area (Å²) < 4.78 is 7.53. The smallest absolute Gasteiger partial charge is 0.253 e. The topological polar surface area (TPSA) is 72.4 Å². The third kappa shape index (κ3) is 4.39. The molecule has 2 aromatic rings. The van der Waals surface area contributed by atoms with E-state index in [9.17, 15) is 9.59 Å². The maximum absolute atomic E-state index is 12.5. The second kappa shape index (κ2) is 8.39. The molecule has 0 spiro atoms. The van der Waals surface area contributed by atoms with E-state index in [0.717, 1.165) is 36.3 Å². The maximum atomic E-state index is 12.5. The third-order valence-electron chi connectivity index (χ3n) is 5.00. The third-order valence-corrected chi connectivity index (χ3v) is 5.00. The fourth-order valence-corrected chi connectivity index (χ4v) is 3.56. The van der Waals surface area contributed by atoms with Gasteiger partial charge in [0.25, 0.3) is 11.8 Å². The highest BCUT2D eigenvalue weighted by atomic mass is 16.5. The quantitative estimate of drug-likeness (QED) is 0.821. The molecule has 1 fully saturated rings. The van der Waals surface area contributed by atoms with E-state index < -0.39 is 0 Å². The summed E-state index contributed by atoms with van der Waals surface area (Å²) in [6.45, 7) is 7.93. The summed E-state index contributed by atoms with van der Waals surface area (Å²) in [5, 5.41) is 5.86.